The summed E-state index contributed by atoms with van der Waals surface area (Å²) in [6.45, 7) is 4.18. The zero-order valence-electron chi connectivity index (χ0n) is 12.9. The van der Waals surface area contributed by atoms with Crippen molar-refractivity contribution in [1.29, 1.82) is 0 Å². The Morgan fingerprint density at radius 1 is 1.27 bits per heavy atom. The number of ether oxygens (including phenoxy) is 1. The van der Waals surface area contributed by atoms with E-state index in [9.17, 15) is 8.78 Å². The van der Waals surface area contributed by atoms with E-state index >= 15 is 0 Å². The first-order valence-corrected chi connectivity index (χ1v) is 8.73. The zero-order chi connectivity index (χ0) is 15.7. The van der Waals surface area contributed by atoms with Crippen LogP contribution in [0.5, 0.6) is 5.75 Å². The number of rotatable bonds is 3. The molecule has 0 fully saturated rings. The third-order valence-corrected chi connectivity index (χ3v) is 5.54. The third kappa shape index (κ3) is 2.96. The van der Waals surface area contributed by atoms with Crippen LogP contribution in [0.15, 0.2) is 23.4 Å². The molecule has 0 aromatic heterocycles. The van der Waals surface area contributed by atoms with E-state index in [1.807, 2.05) is 0 Å². The molecule has 3 rings (SSSR count). The predicted molar refractivity (Wildman–Crippen MR) is 85.7 cm³/mol. The van der Waals surface area contributed by atoms with Crippen LogP contribution in [-0.4, -0.2) is 12.4 Å². The van der Waals surface area contributed by atoms with Crippen LogP contribution < -0.4 is 9.46 Å². The van der Waals surface area contributed by atoms with Crippen molar-refractivity contribution in [2.24, 2.45) is 11.8 Å². The van der Waals surface area contributed by atoms with Crippen LogP contribution in [0.4, 0.5) is 8.78 Å². The minimum atomic E-state index is -0.492. The van der Waals surface area contributed by atoms with Gasteiger partial charge in [0.15, 0.2) is 11.6 Å². The molecule has 22 heavy (non-hydrogen) atoms. The summed E-state index contributed by atoms with van der Waals surface area (Å²) in [6, 6.07) is 2.27. The normalized spacial score (nSPS) is 24.7. The molecule has 120 valence electrons. The molecule has 1 aromatic carbocycles. The van der Waals surface area contributed by atoms with E-state index in [1.165, 1.54) is 11.3 Å². The third-order valence-electron chi connectivity index (χ3n) is 4.74. The standard InChI is InChI=1S/C17H21F2NOS/c1-10-3-6-16-12(7-8-22-20-16)13(10)9-21-17-11(2)14(18)4-5-15(17)19/h4-5,10,13,20H,3,6-9H2,1-2H3. The molecule has 1 N–H and O–H groups in total. The Balaban J connectivity index is 1.79. The number of nitrogens with one attached hydrogen (secondary N) is 1. The van der Waals surface area contributed by atoms with Crippen LogP contribution in [0.25, 0.3) is 0 Å². The van der Waals surface area contributed by atoms with Gasteiger partial charge in [-0.05, 0) is 49.8 Å². The van der Waals surface area contributed by atoms with Gasteiger partial charge in [-0.15, -0.1) is 0 Å². The highest BCUT2D eigenvalue weighted by Gasteiger charge is 2.31. The van der Waals surface area contributed by atoms with Crippen LogP contribution >= 0.6 is 11.9 Å². The van der Waals surface area contributed by atoms with Gasteiger partial charge in [-0.25, -0.2) is 8.78 Å². The van der Waals surface area contributed by atoms with Crippen molar-refractivity contribution in [3.63, 3.8) is 0 Å². The molecule has 0 saturated heterocycles. The Morgan fingerprint density at radius 2 is 2.05 bits per heavy atom. The lowest BCUT2D eigenvalue weighted by Gasteiger charge is -2.36. The van der Waals surface area contributed by atoms with Crippen molar-refractivity contribution in [3.8, 4) is 5.75 Å². The number of allylic oxidation sites excluding steroid dienone is 1. The summed E-state index contributed by atoms with van der Waals surface area (Å²) in [7, 11) is 0. The van der Waals surface area contributed by atoms with E-state index in [1.54, 1.807) is 18.9 Å². The van der Waals surface area contributed by atoms with E-state index in [0.29, 0.717) is 12.5 Å². The van der Waals surface area contributed by atoms with E-state index < -0.39 is 11.6 Å². The second-order valence-corrected chi connectivity index (χ2v) is 7.02. The molecule has 1 aliphatic carbocycles. The zero-order valence-corrected chi connectivity index (χ0v) is 13.7. The summed E-state index contributed by atoms with van der Waals surface area (Å²) in [5.74, 6) is 0.963. The fourth-order valence-corrected chi connectivity index (χ4v) is 4.13. The first-order chi connectivity index (χ1) is 10.6. The van der Waals surface area contributed by atoms with Crippen LogP contribution in [0.2, 0.25) is 0 Å². The average molecular weight is 325 g/mol. The van der Waals surface area contributed by atoms with E-state index in [4.69, 9.17) is 4.74 Å². The van der Waals surface area contributed by atoms with Gasteiger partial charge in [0.2, 0.25) is 0 Å². The average Bonchev–Trinajstić information content (AvgIpc) is 2.53. The maximum atomic E-state index is 13.9. The Bertz CT molecular complexity index is 603. The number of halogens is 2. The summed E-state index contributed by atoms with van der Waals surface area (Å²) >= 11 is 1.75. The lowest BCUT2D eigenvalue weighted by atomic mass is 9.77. The van der Waals surface area contributed by atoms with Crippen molar-refractivity contribution in [2.75, 3.05) is 12.4 Å². The summed E-state index contributed by atoms with van der Waals surface area (Å²) in [4.78, 5) is 0. The predicted octanol–water partition coefficient (Wildman–Crippen LogP) is 4.59. The summed E-state index contributed by atoms with van der Waals surface area (Å²) < 4.78 is 36.6. The maximum Gasteiger partial charge on any atom is 0.165 e. The minimum absolute atomic E-state index is 0.0538. The molecular weight excluding hydrogens is 304 g/mol. The van der Waals surface area contributed by atoms with Crippen molar-refractivity contribution in [1.82, 2.24) is 4.72 Å². The molecule has 2 nitrogen and oxygen atoms in total. The molecule has 2 aliphatic rings. The molecule has 0 spiro atoms. The molecule has 0 amide bonds. The number of hydrogen-bond acceptors (Lipinski definition) is 3. The van der Waals surface area contributed by atoms with Crippen LogP contribution in [0, 0.1) is 30.4 Å². The smallest absolute Gasteiger partial charge is 0.165 e. The van der Waals surface area contributed by atoms with Crippen LogP contribution in [0.1, 0.15) is 31.7 Å². The summed E-state index contributed by atoms with van der Waals surface area (Å²) in [6.07, 6.45) is 3.23. The molecular formula is C17H21F2NOS. The van der Waals surface area contributed by atoms with Crippen LogP contribution in [-0.2, 0) is 0 Å². The van der Waals surface area contributed by atoms with E-state index in [-0.39, 0.29) is 17.2 Å². The molecule has 1 heterocycles. The molecule has 5 heteroatoms. The lowest BCUT2D eigenvalue weighted by Crippen LogP contribution is -2.31. The minimum Gasteiger partial charge on any atom is -0.489 e. The first kappa shape index (κ1) is 15.7. The summed E-state index contributed by atoms with van der Waals surface area (Å²) in [5.41, 5.74) is 2.97. The second kappa shape index (κ2) is 6.49. The van der Waals surface area contributed by atoms with Gasteiger partial charge in [-0.1, -0.05) is 18.9 Å². The molecule has 0 radical (unpaired) electrons. The lowest BCUT2D eigenvalue weighted by molar-refractivity contribution is 0.200. The van der Waals surface area contributed by atoms with Crippen molar-refractivity contribution >= 4 is 11.9 Å². The second-order valence-electron chi connectivity index (χ2n) is 6.12. The highest BCUT2D eigenvalue weighted by molar-refractivity contribution is 7.97. The molecule has 0 saturated carbocycles. The molecule has 1 aromatic rings. The van der Waals surface area contributed by atoms with Gasteiger partial charge in [0, 0.05) is 22.9 Å². The molecule has 2 unspecified atom stereocenters. The van der Waals surface area contributed by atoms with Gasteiger partial charge in [0.25, 0.3) is 0 Å². The van der Waals surface area contributed by atoms with Crippen molar-refractivity contribution < 1.29 is 13.5 Å². The fourth-order valence-electron chi connectivity index (χ4n) is 3.30. The fraction of sp³-hybridized carbons (Fsp3) is 0.529. The molecule has 1 aliphatic heterocycles. The Labute approximate surface area is 134 Å². The Morgan fingerprint density at radius 3 is 2.86 bits per heavy atom. The van der Waals surface area contributed by atoms with Crippen molar-refractivity contribution in [3.05, 3.63) is 40.6 Å². The highest BCUT2D eigenvalue weighted by Crippen LogP contribution is 2.39. The maximum absolute atomic E-state index is 13.9. The Kier molecular flexibility index (Phi) is 4.62. The topological polar surface area (TPSA) is 21.3 Å². The molecule has 2 atom stereocenters. The van der Waals surface area contributed by atoms with Gasteiger partial charge in [-0.2, -0.15) is 0 Å². The quantitative estimate of drug-likeness (QED) is 0.821. The molecule has 0 bridgehead atoms. The monoisotopic (exact) mass is 325 g/mol. The van der Waals surface area contributed by atoms with Gasteiger partial charge >= 0.3 is 0 Å². The van der Waals surface area contributed by atoms with Gasteiger partial charge in [-0.3, -0.25) is 0 Å². The Hall–Kier alpha value is -1.23. The van der Waals surface area contributed by atoms with E-state index in [0.717, 1.165) is 37.1 Å². The largest absolute Gasteiger partial charge is 0.489 e. The SMILES string of the molecule is Cc1c(F)ccc(F)c1OCC1C2=C(CCC1C)NSCC2. The van der Waals surface area contributed by atoms with E-state index in [2.05, 4.69) is 11.6 Å². The first-order valence-electron chi connectivity index (χ1n) is 7.75. The number of hydrogen-bond donors (Lipinski definition) is 1. The van der Waals surface area contributed by atoms with Gasteiger partial charge in [0.1, 0.15) is 5.82 Å². The van der Waals surface area contributed by atoms with Gasteiger partial charge in [0.05, 0.1) is 6.61 Å². The number of benzene rings is 1. The van der Waals surface area contributed by atoms with Crippen LogP contribution in [0.3, 0.4) is 0 Å². The van der Waals surface area contributed by atoms with Crippen molar-refractivity contribution in [2.45, 2.75) is 33.1 Å². The van der Waals surface area contributed by atoms with Gasteiger partial charge < -0.3 is 9.46 Å². The summed E-state index contributed by atoms with van der Waals surface area (Å²) in [5, 5.41) is 0. The highest BCUT2D eigenvalue weighted by atomic mass is 32.2.